The van der Waals surface area contributed by atoms with Crippen LogP contribution < -0.4 is 10.6 Å². The fourth-order valence-electron chi connectivity index (χ4n) is 2.47. The molecular formula is C19H24N2O2S2. The monoisotopic (exact) mass is 376 g/mol. The molecule has 134 valence electrons. The van der Waals surface area contributed by atoms with Crippen molar-refractivity contribution in [2.75, 3.05) is 17.7 Å². The topological polar surface area (TPSA) is 50.4 Å². The van der Waals surface area contributed by atoms with E-state index in [1.165, 1.54) is 24.0 Å². The van der Waals surface area contributed by atoms with E-state index < -0.39 is 0 Å². The lowest BCUT2D eigenvalue weighted by Gasteiger charge is -2.23. The molecule has 0 amide bonds. The second-order valence-corrected chi connectivity index (χ2v) is 8.22. The minimum atomic E-state index is -0.364. The van der Waals surface area contributed by atoms with Crippen LogP contribution in [0.5, 0.6) is 0 Å². The molecule has 0 unspecified atom stereocenters. The maximum absolute atomic E-state index is 12.0. The maximum atomic E-state index is 12.0. The van der Waals surface area contributed by atoms with E-state index in [1.807, 2.05) is 31.2 Å². The van der Waals surface area contributed by atoms with Crippen LogP contribution in [0.15, 0.2) is 30.3 Å². The number of hydrogen-bond acceptors (Lipinski definition) is 4. The van der Waals surface area contributed by atoms with Crippen LogP contribution in [-0.2, 0) is 16.6 Å². The number of esters is 1. The molecule has 1 heterocycles. The van der Waals surface area contributed by atoms with Crippen LogP contribution in [0.2, 0.25) is 0 Å². The molecule has 0 radical (unpaired) electrons. The molecule has 0 bridgehead atoms. The summed E-state index contributed by atoms with van der Waals surface area (Å²) in [5, 5.41) is 7.55. The highest BCUT2D eigenvalue weighted by atomic mass is 32.1. The van der Waals surface area contributed by atoms with Gasteiger partial charge in [-0.1, -0.05) is 45.9 Å². The van der Waals surface area contributed by atoms with E-state index in [9.17, 15) is 4.79 Å². The van der Waals surface area contributed by atoms with E-state index in [0.29, 0.717) is 15.7 Å². The summed E-state index contributed by atoms with van der Waals surface area (Å²) in [6, 6.07) is 9.93. The summed E-state index contributed by atoms with van der Waals surface area (Å²) >= 11 is 6.97. The molecule has 1 aromatic heterocycles. The molecule has 2 aromatic rings. The highest BCUT2D eigenvalue weighted by Gasteiger charge is 2.20. The first-order valence-electron chi connectivity index (χ1n) is 8.14. The highest BCUT2D eigenvalue weighted by molar-refractivity contribution is 7.80. The molecular weight excluding hydrogens is 352 g/mol. The van der Waals surface area contributed by atoms with Gasteiger partial charge in [0.2, 0.25) is 0 Å². The molecule has 0 saturated carbocycles. The number of carbonyl (C=O) groups excluding carboxylic acids is 1. The Bertz CT molecular complexity index is 776. The number of para-hydroxylation sites is 1. The normalized spacial score (nSPS) is 11.1. The average molecular weight is 377 g/mol. The molecule has 0 spiro atoms. The number of anilines is 2. The van der Waals surface area contributed by atoms with Gasteiger partial charge in [0.1, 0.15) is 5.00 Å². The molecule has 2 N–H and O–H groups in total. The van der Waals surface area contributed by atoms with Crippen LogP contribution in [0.25, 0.3) is 0 Å². The Morgan fingerprint density at radius 3 is 2.52 bits per heavy atom. The smallest absolute Gasteiger partial charge is 0.340 e. The Morgan fingerprint density at radius 1 is 1.24 bits per heavy atom. The maximum Gasteiger partial charge on any atom is 0.340 e. The Kier molecular flexibility index (Phi) is 6.19. The number of thiophene rings is 1. The largest absolute Gasteiger partial charge is 0.465 e. The van der Waals surface area contributed by atoms with Crippen molar-refractivity contribution in [3.8, 4) is 0 Å². The van der Waals surface area contributed by atoms with Crippen LogP contribution in [0.1, 0.15) is 48.5 Å². The van der Waals surface area contributed by atoms with Crippen molar-refractivity contribution >= 4 is 45.3 Å². The van der Waals surface area contributed by atoms with Crippen LogP contribution in [0.3, 0.4) is 0 Å². The Balaban J connectivity index is 2.22. The summed E-state index contributed by atoms with van der Waals surface area (Å²) in [6.45, 7) is 8.53. The van der Waals surface area contributed by atoms with Crippen molar-refractivity contribution < 1.29 is 9.53 Å². The Labute approximate surface area is 158 Å². The van der Waals surface area contributed by atoms with Gasteiger partial charge in [0, 0.05) is 10.6 Å². The third-order valence-corrected chi connectivity index (χ3v) is 5.15. The summed E-state index contributed by atoms with van der Waals surface area (Å²) < 4.78 is 4.86. The van der Waals surface area contributed by atoms with Crippen LogP contribution in [-0.4, -0.2) is 18.2 Å². The van der Waals surface area contributed by atoms with Crippen molar-refractivity contribution in [3.05, 3.63) is 46.3 Å². The standard InChI is InChI=1S/C19H24N2O2S2/c1-6-12-11-13(17(22)23-5)16(25-12)21-18(24)20-15-10-8-7-9-14(15)19(2,3)4/h7-11H,6H2,1-5H3,(H2,20,21,24). The second-order valence-electron chi connectivity index (χ2n) is 6.68. The van der Waals surface area contributed by atoms with E-state index in [0.717, 1.165) is 17.0 Å². The van der Waals surface area contributed by atoms with Gasteiger partial charge in [-0.15, -0.1) is 11.3 Å². The molecule has 0 saturated heterocycles. The Hall–Kier alpha value is -1.92. The Morgan fingerprint density at radius 2 is 1.92 bits per heavy atom. The van der Waals surface area contributed by atoms with Crippen LogP contribution in [0.4, 0.5) is 10.7 Å². The number of rotatable bonds is 4. The molecule has 4 nitrogen and oxygen atoms in total. The number of nitrogens with one attached hydrogen (secondary N) is 2. The molecule has 25 heavy (non-hydrogen) atoms. The zero-order valence-electron chi connectivity index (χ0n) is 15.2. The predicted molar refractivity (Wildman–Crippen MR) is 110 cm³/mol. The minimum Gasteiger partial charge on any atom is -0.465 e. The van der Waals surface area contributed by atoms with Crippen molar-refractivity contribution in [1.82, 2.24) is 0 Å². The zero-order valence-corrected chi connectivity index (χ0v) is 16.9. The summed E-state index contributed by atoms with van der Waals surface area (Å²) in [6.07, 6.45) is 0.851. The summed E-state index contributed by atoms with van der Waals surface area (Å²) in [5.74, 6) is -0.364. The van der Waals surface area contributed by atoms with E-state index in [1.54, 1.807) is 0 Å². The molecule has 6 heteroatoms. The number of methoxy groups -OCH3 is 1. The molecule has 0 aliphatic carbocycles. The lowest BCUT2D eigenvalue weighted by atomic mass is 9.86. The van der Waals surface area contributed by atoms with Crippen LogP contribution in [0, 0.1) is 0 Å². The second kappa shape index (κ2) is 7.97. The third-order valence-electron chi connectivity index (χ3n) is 3.75. The van der Waals surface area contributed by atoms with Crippen molar-refractivity contribution in [2.24, 2.45) is 0 Å². The minimum absolute atomic E-state index is 0.00526. The van der Waals surface area contributed by atoms with E-state index in [2.05, 4.69) is 37.5 Å². The van der Waals surface area contributed by atoms with Crippen LogP contribution >= 0.6 is 23.6 Å². The fraction of sp³-hybridized carbons (Fsp3) is 0.368. The van der Waals surface area contributed by atoms with Crippen molar-refractivity contribution in [3.63, 3.8) is 0 Å². The summed E-state index contributed by atoms with van der Waals surface area (Å²) in [5.41, 5.74) is 2.64. The van der Waals surface area contributed by atoms with Gasteiger partial charge < -0.3 is 15.4 Å². The van der Waals surface area contributed by atoms with Gasteiger partial charge >= 0.3 is 5.97 Å². The number of carbonyl (C=O) groups is 1. The summed E-state index contributed by atoms with van der Waals surface area (Å²) in [7, 11) is 1.38. The first kappa shape index (κ1) is 19.4. The predicted octanol–water partition coefficient (Wildman–Crippen LogP) is 5.20. The van der Waals surface area contributed by atoms with Gasteiger partial charge in [-0.25, -0.2) is 4.79 Å². The number of aryl methyl sites for hydroxylation is 1. The van der Waals surface area contributed by atoms with Gasteiger partial charge in [0.25, 0.3) is 0 Å². The van der Waals surface area contributed by atoms with E-state index in [4.69, 9.17) is 17.0 Å². The molecule has 0 aliphatic heterocycles. The van der Waals surface area contributed by atoms with Crippen molar-refractivity contribution in [1.29, 1.82) is 0 Å². The molecule has 1 aromatic carbocycles. The molecule has 2 rings (SSSR count). The molecule has 0 atom stereocenters. The van der Waals surface area contributed by atoms with E-state index in [-0.39, 0.29) is 11.4 Å². The number of hydrogen-bond donors (Lipinski definition) is 2. The number of ether oxygens (including phenoxy) is 1. The number of thiocarbonyl (C=S) groups is 1. The summed E-state index contributed by atoms with van der Waals surface area (Å²) in [4.78, 5) is 13.1. The lowest BCUT2D eigenvalue weighted by molar-refractivity contribution is 0.0602. The van der Waals surface area contributed by atoms with Gasteiger partial charge in [0.05, 0.1) is 12.7 Å². The van der Waals surface area contributed by atoms with Gasteiger partial charge in [-0.3, -0.25) is 0 Å². The lowest BCUT2D eigenvalue weighted by Crippen LogP contribution is -2.23. The van der Waals surface area contributed by atoms with E-state index >= 15 is 0 Å². The highest BCUT2D eigenvalue weighted by Crippen LogP contribution is 2.31. The third kappa shape index (κ3) is 4.80. The molecule has 0 fully saturated rings. The first-order chi connectivity index (χ1) is 11.8. The number of benzene rings is 1. The van der Waals surface area contributed by atoms with Crippen molar-refractivity contribution in [2.45, 2.75) is 39.5 Å². The van der Waals surface area contributed by atoms with Gasteiger partial charge in [0.15, 0.2) is 5.11 Å². The fourth-order valence-corrected chi connectivity index (χ4v) is 3.74. The molecule has 0 aliphatic rings. The first-order valence-corrected chi connectivity index (χ1v) is 9.37. The quantitative estimate of drug-likeness (QED) is 0.567. The van der Waals surface area contributed by atoms with Gasteiger partial charge in [-0.05, 0) is 41.7 Å². The van der Waals surface area contributed by atoms with Gasteiger partial charge in [-0.2, -0.15) is 0 Å². The SMILES string of the molecule is CCc1cc(C(=O)OC)c(NC(=S)Nc2ccccc2C(C)(C)C)s1. The average Bonchev–Trinajstić information content (AvgIpc) is 2.96. The zero-order chi connectivity index (χ0) is 18.6.